The normalized spacial score (nSPS) is 11.9. The van der Waals surface area contributed by atoms with Crippen LogP contribution in [0.4, 0.5) is 22.0 Å². The number of ketones is 1. The molecule has 1 aromatic carbocycles. The number of hydrogen-bond donors (Lipinski definition) is 0. The highest BCUT2D eigenvalue weighted by Crippen LogP contribution is 2.19. The molecule has 1 rings (SSSR count). The summed E-state index contributed by atoms with van der Waals surface area (Å²) in [5.74, 6) is -2.43. The number of nitrogens with zero attached hydrogens (tertiary/aromatic N) is 1. The van der Waals surface area contributed by atoms with Crippen LogP contribution in [0.25, 0.3) is 0 Å². The Morgan fingerprint density at radius 3 is 2.47 bits per heavy atom. The van der Waals surface area contributed by atoms with Gasteiger partial charge < -0.3 is 0 Å². The first-order chi connectivity index (χ1) is 8.69. The maximum Gasteiger partial charge on any atom is 0.390 e. The minimum Gasteiger partial charge on any atom is -0.299 e. The van der Waals surface area contributed by atoms with Crippen molar-refractivity contribution in [1.82, 2.24) is 4.90 Å². The van der Waals surface area contributed by atoms with Crippen LogP contribution < -0.4 is 0 Å². The van der Waals surface area contributed by atoms with Gasteiger partial charge in [-0.05, 0) is 25.2 Å². The Morgan fingerprint density at radius 1 is 1.26 bits per heavy atom. The summed E-state index contributed by atoms with van der Waals surface area (Å²) in [5, 5.41) is 0. The topological polar surface area (TPSA) is 20.3 Å². The quantitative estimate of drug-likeness (QED) is 0.611. The zero-order valence-corrected chi connectivity index (χ0v) is 10.1. The molecule has 0 unspecified atom stereocenters. The van der Waals surface area contributed by atoms with Gasteiger partial charge in [0.2, 0.25) is 0 Å². The molecule has 0 spiro atoms. The van der Waals surface area contributed by atoms with Crippen LogP contribution in [0.15, 0.2) is 18.2 Å². The van der Waals surface area contributed by atoms with Crippen molar-refractivity contribution in [1.29, 1.82) is 0 Å². The third kappa shape index (κ3) is 5.34. The van der Waals surface area contributed by atoms with Crippen molar-refractivity contribution in [3.8, 4) is 0 Å². The number of Topliss-reactive ketones (excluding diaryl/α,β-unsaturated/α-hetero) is 1. The van der Waals surface area contributed by atoms with Crippen molar-refractivity contribution in [2.45, 2.75) is 12.6 Å². The van der Waals surface area contributed by atoms with Crippen LogP contribution in [0.3, 0.4) is 0 Å². The van der Waals surface area contributed by atoms with Gasteiger partial charge in [0.15, 0.2) is 5.78 Å². The maximum atomic E-state index is 13.3. The SMILES string of the molecule is CN(CCC(F)(F)F)CC(=O)c1cc(F)ccc1F. The summed E-state index contributed by atoms with van der Waals surface area (Å²) in [7, 11) is 1.31. The molecule has 0 saturated heterocycles. The van der Waals surface area contributed by atoms with Crippen LogP contribution in [0.1, 0.15) is 16.8 Å². The molecule has 2 nitrogen and oxygen atoms in total. The van der Waals surface area contributed by atoms with E-state index in [-0.39, 0.29) is 6.54 Å². The molecule has 0 fully saturated rings. The minimum absolute atomic E-state index is 0.383. The third-order valence-corrected chi connectivity index (χ3v) is 2.42. The Bertz CT molecular complexity index is 458. The Labute approximate surface area is 106 Å². The number of carbonyl (C=O) groups excluding carboxylic acids is 1. The zero-order chi connectivity index (χ0) is 14.6. The van der Waals surface area contributed by atoms with E-state index < -0.39 is 42.1 Å². The monoisotopic (exact) mass is 281 g/mol. The molecule has 1 aromatic rings. The van der Waals surface area contributed by atoms with Crippen LogP contribution in [-0.4, -0.2) is 37.0 Å². The number of halogens is 5. The van der Waals surface area contributed by atoms with E-state index in [1.165, 1.54) is 7.05 Å². The summed E-state index contributed by atoms with van der Waals surface area (Å²) in [6.07, 6.45) is -5.39. The Morgan fingerprint density at radius 2 is 1.89 bits per heavy atom. The van der Waals surface area contributed by atoms with Gasteiger partial charge in [-0.3, -0.25) is 9.69 Å². The fourth-order valence-electron chi connectivity index (χ4n) is 1.44. The molecule has 0 saturated carbocycles. The lowest BCUT2D eigenvalue weighted by Gasteiger charge is -2.16. The summed E-state index contributed by atoms with van der Waals surface area (Å²) in [6, 6.07) is 2.40. The largest absolute Gasteiger partial charge is 0.390 e. The van der Waals surface area contributed by atoms with Crippen molar-refractivity contribution in [2.75, 3.05) is 20.1 Å². The second kappa shape index (κ2) is 6.10. The summed E-state index contributed by atoms with van der Waals surface area (Å²) >= 11 is 0. The van der Waals surface area contributed by atoms with E-state index in [2.05, 4.69) is 0 Å². The lowest BCUT2D eigenvalue weighted by atomic mass is 10.1. The molecule has 0 aliphatic heterocycles. The van der Waals surface area contributed by atoms with Crippen LogP contribution in [-0.2, 0) is 0 Å². The molecule has 0 radical (unpaired) electrons. The van der Waals surface area contributed by atoms with E-state index in [0.29, 0.717) is 0 Å². The van der Waals surface area contributed by atoms with Crippen molar-refractivity contribution in [2.24, 2.45) is 0 Å². The van der Waals surface area contributed by atoms with Gasteiger partial charge in [-0.2, -0.15) is 13.2 Å². The standard InChI is InChI=1S/C12H12F5NO/c1-18(5-4-12(15,16)17)7-11(19)9-6-8(13)2-3-10(9)14/h2-3,6H,4-5,7H2,1H3. The first-order valence-electron chi connectivity index (χ1n) is 5.42. The lowest BCUT2D eigenvalue weighted by molar-refractivity contribution is -0.137. The van der Waals surface area contributed by atoms with Gasteiger partial charge in [-0.25, -0.2) is 8.78 Å². The molecule has 106 valence electrons. The Kier molecular flexibility index (Phi) is 4.99. The van der Waals surface area contributed by atoms with Gasteiger partial charge in [-0.15, -0.1) is 0 Å². The van der Waals surface area contributed by atoms with Crippen LogP contribution in [0.5, 0.6) is 0 Å². The van der Waals surface area contributed by atoms with Gasteiger partial charge in [0, 0.05) is 6.54 Å². The minimum atomic E-state index is -4.32. The molecule has 0 aliphatic rings. The molecule has 19 heavy (non-hydrogen) atoms. The first-order valence-corrected chi connectivity index (χ1v) is 5.42. The number of likely N-dealkylation sites (N-methyl/N-ethyl adjacent to an activating group) is 1. The smallest absolute Gasteiger partial charge is 0.299 e. The molecule has 0 atom stereocenters. The highest BCUT2D eigenvalue weighted by Gasteiger charge is 2.27. The van der Waals surface area contributed by atoms with Crippen LogP contribution >= 0.6 is 0 Å². The van der Waals surface area contributed by atoms with Gasteiger partial charge >= 0.3 is 6.18 Å². The predicted octanol–water partition coefficient (Wildman–Crippen LogP) is 3.03. The summed E-state index contributed by atoms with van der Waals surface area (Å²) < 4.78 is 62.0. The van der Waals surface area contributed by atoms with Crippen LogP contribution in [0.2, 0.25) is 0 Å². The molecular formula is C12H12F5NO. The average Bonchev–Trinajstić information content (AvgIpc) is 2.28. The number of hydrogen-bond acceptors (Lipinski definition) is 2. The van der Waals surface area contributed by atoms with E-state index in [1.54, 1.807) is 0 Å². The number of benzene rings is 1. The third-order valence-electron chi connectivity index (χ3n) is 2.42. The van der Waals surface area contributed by atoms with Gasteiger partial charge in [0.1, 0.15) is 11.6 Å². The fraction of sp³-hybridized carbons (Fsp3) is 0.417. The molecular weight excluding hydrogens is 269 g/mol. The summed E-state index contributed by atoms with van der Waals surface area (Å²) in [5.41, 5.74) is -0.459. The fourth-order valence-corrected chi connectivity index (χ4v) is 1.44. The van der Waals surface area contributed by atoms with Crippen molar-refractivity contribution in [3.63, 3.8) is 0 Å². The first kappa shape index (κ1) is 15.6. The lowest BCUT2D eigenvalue weighted by Crippen LogP contribution is -2.30. The molecule has 0 heterocycles. The number of alkyl halides is 3. The maximum absolute atomic E-state index is 13.3. The average molecular weight is 281 g/mol. The number of carbonyl (C=O) groups is 1. The van der Waals surface area contributed by atoms with E-state index in [4.69, 9.17) is 0 Å². The van der Waals surface area contributed by atoms with Crippen molar-refractivity contribution < 1.29 is 26.7 Å². The van der Waals surface area contributed by atoms with Gasteiger partial charge in [-0.1, -0.05) is 0 Å². The molecule has 0 aliphatic carbocycles. The second-order valence-electron chi connectivity index (χ2n) is 4.15. The highest BCUT2D eigenvalue weighted by molar-refractivity contribution is 5.97. The zero-order valence-electron chi connectivity index (χ0n) is 10.1. The highest BCUT2D eigenvalue weighted by atomic mass is 19.4. The summed E-state index contributed by atoms with van der Waals surface area (Å²) in [6.45, 7) is -0.789. The van der Waals surface area contributed by atoms with E-state index in [9.17, 15) is 26.7 Å². The predicted molar refractivity (Wildman–Crippen MR) is 58.9 cm³/mol. The molecule has 0 bridgehead atoms. The molecule has 7 heteroatoms. The van der Waals surface area contributed by atoms with Gasteiger partial charge in [0.25, 0.3) is 0 Å². The van der Waals surface area contributed by atoms with Crippen molar-refractivity contribution in [3.05, 3.63) is 35.4 Å². The second-order valence-corrected chi connectivity index (χ2v) is 4.15. The Balaban J connectivity index is 2.62. The van der Waals surface area contributed by atoms with E-state index >= 15 is 0 Å². The van der Waals surface area contributed by atoms with Crippen molar-refractivity contribution >= 4 is 5.78 Å². The number of rotatable bonds is 5. The molecule has 0 N–H and O–H groups in total. The Hall–Kier alpha value is -1.50. The van der Waals surface area contributed by atoms with Gasteiger partial charge in [0.05, 0.1) is 18.5 Å². The van der Waals surface area contributed by atoms with E-state index in [0.717, 1.165) is 23.1 Å². The molecule has 0 amide bonds. The van der Waals surface area contributed by atoms with Crippen LogP contribution in [0, 0.1) is 11.6 Å². The summed E-state index contributed by atoms with van der Waals surface area (Å²) in [4.78, 5) is 12.7. The molecule has 0 aromatic heterocycles. The van der Waals surface area contributed by atoms with E-state index in [1.807, 2.05) is 0 Å².